The number of carbonyl (C=O) groups excluding carboxylic acids is 2. The Bertz CT molecular complexity index is 527. The van der Waals surface area contributed by atoms with Crippen LogP contribution in [-0.2, 0) is 4.79 Å². The molecule has 0 aliphatic rings. The molecule has 4 N–H and O–H groups in total. The predicted molar refractivity (Wildman–Crippen MR) is 86.8 cm³/mol. The number of carbonyl (C=O) groups is 2. The molecule has 0 unspecified atom stereocenters. The van der Waals surface area contributed by atoms with Crippen LogP contribution in [0.2, 0.25) is 0 Å². The number of rotatable bonds is 7. The van der Waals surface area contributed by atoms with E-state index in [9.17, 15) is 9.59 Å². The first kappa shape index (κ1) is 17.8. The molecule has 0 atom stereocenters. The molecule has 0 saturated carbocycles. The summed E-state index contributed by atoms with van der Waals surface area (Å²) in [6.07, 6.45) is 0. The van der Waals surface area contributed by atoms with Crippen LogP contribution in [0.25, 0.3) is 0 Å². The van der Waals surface area contributed by atoms with Crippen molar-refractivity contribution >= 4 is 17.5 Å². The van der Waals surface area contributed by atoms with E-state index in [0.717, 1.165) is 0 Å². The number of nitrogens with two attached hydrogens (primary N) is 1. The van der Waals surface area contributed by atoms with Crippen molar-refractivity contribution in [2.24, 2.45) is 5.92 Å². The van der Waals surface area contributed by atoms with Gasteiger partial charge in [-0.1, -0.05) is 13.8 Å². The summed E-state index contributed by atoms with van der Waals surface area (Å²) in [6, 6.07) is 4.80. The molecule has 1 rings (SSSR count). The largest absolute Gasteiger partial charge is 0.482 e. The average molecular weight is 307 g/mol. The second-order valence-electron chi connectivity index (χ2n) is 5.87. The van der Waals surface area contributed by atoms with Crippen molar-refractivity contribution in [3.63, 3.8) is 0 Å². The van der Waals surface area contributed by atoms with E-state index >= 15 is 0 Å². The number of hydrogen-bond donors (Lipinski definition) is 3. The van der Waals surface area contributed by atoms with Gasteiger partial charge < -0.3 is 21.1 Å². The smallest absolute Gasteiger partial charge is 0.257 e. The minimum Gasteiger partial charge on any atom is -0.482 e. The van der Waals surface area contributed by atoms with Gasteiger partial charge in [0.15, 0.2) is 6.61 Å². The van der Waals surface area contributed by atoms with E-state index in [-0.39, 0.29) is 24.5 Å². The molecule has 6 heteroatoms. The highest BCUT2D eigenvalue weighted by Crippen LogP contribution is 2.22. The van der Waals surface area contributed by atoms with Gasteiger partial charge in [-0.2, -0.15) is 0 Å². The lowest BCUT2D eigenvalue weighted by molar-refractivity contribution is -0.123. The number of nitrogen functional groups attached to an aromatic ring is 1. The Labute approximate surface area is 131 Å². The molecule has 1 aromatic carbocycles. The molecule has 2 amide bonds. The van der Waals surface area contributed by atoms with Gasteiger partial charge in [-0.15, -0.1) is 0 Å². The number of nitrogens with one attached hydrogen (secondary N) is 2. The van der Waals surface area contributed by atoms with E-state index in [1.807, 2.05) is 27.7 Å². The molecule has 0 aliphatic heterocycles. The van der Waals surface area contributed by atoms with Crippen LogP contribution in [0, 0.1) is 5.92 Å². The van der Waals surface area contributed by atoms with Crippen LogP contribution in [-0.4, -0.2) is 31.0 Å². The number of hydrogen-bond acceptors (Lipinski definition) is 4. The molecule has 0 saturated heterocycles. The molecule has 0 bridgehead atoms. The van der Waals surface area contributed by atoms with Crippen molar-refractivity contribution in [1.29, 1.82) is 0 Å². The van der Waals surface area contributed by atoms with Crippen LogP contribution in [0.1, 0.15) is 38.1 Å². The summed E-state index contributed by atoms with van der Waals surface area (Å²) in [7, 11) is 0. The summed E-state index contributed by atoms with van der Waals surface area (Å²) in [5.74, 6) is 0.280. The lowest BCUT2D eigenvalue weighted by Gasteiger charge is -2.13. The van der Waals surface area contributed by atoms with Crippen LogP contribution in [0.15, 0.2) is 18.2 Å². The van der Waals surface area contributed by atoms with Crippen molar-refractivity contribution < 1.29 is 14.3 Å². The molecule has 0 spiro atoms. The topological polar surface area (TPSA) is 93.4 Å². The fourth-order valence-corrected chi connectivity index (χ4v) is 1.66. The Hall–Kier alpha value is -2.24. The van der Waals surface area contributed by atoms with Crippen molar-refractivity contribution in [1.82, 2.24) is 10.6 Å². The summed E-state index contributed by atoms with van der Waals surface area (Å²) >= 11 is 0. The molecular weight excluding hydrogens is 282 g/mol. The highest BCUT2D eigenvalue weighted by molar-refractivity contribution is 5.95. The van der Waals surface area contributed by atoms with Gasteiger partial charge >= 0.3 is 0 Å². The standard InChI is InChI=1S/C16H25N3O3/c1-10(2)8-18-15(20)9-22-14-7-12(5-6-13(14)17)16(21)19-11(3)4/h5-7,10-11H,8-9,17H2,1-4H3,(H,18,20)(H,19,21). The Kier molecular flexibility index (Phi) is 6.69. The third-order valence-electron chi connectivity index (χ3n) is 2.76. The minimum absolute atomic E-state index is 0.0382. The maximum absolute atomic E-state index is 11.9. The van der Waals surface area contributed by atoms with Gasteiger partial charge in [0.1, 0.15) is 5.75 Å². The first-order chi connectivity index (χ1) is 10.3. The molecule has 22 heavy (non-hydrogen) atoms. The van der Waals surface area contributed by atoms with Crippen molar-refractivity contribution in [3.05, 3.63) is 23.8 Å². The van der Waals surface area contributed by atoms with Gasteiger partial charge in [0.2, 0.25) is 0 Å². The maximum Gasteiger partial charge on any atom is 0.257 e. The van der Waals surface area contributed by atoms with E-state index in [4.69, 9.17) is 10.5 Å². The Morgan fingerprint density at radius 2 is 1.91 bits per heavy atom. The fourth-order valence-electron chi connectivity index (χ4n) is 1.66. The van der Waals surface area contributed by atoms with Crippen molar-refractivity contribution in [2.75, 3.05) is 18.9 Å². The average Bonchev–Trinajstić information content (AvgIpc) is 2.43. The lowest BCUT2D eigenvalue weighted by atomic mass is 10.1. The van der Waals surface area contributed by atoms with Crippen LogP contribution in [0.3, 0.4) is 0 Å². The zero-order chi connectivity index (χ0) is 16.7. The molecule has 1 aromatic rings. The molecule has 0 aromatic heterocycles. The van der Waals surface area contributed by atoms with E-state index in [1.54, 1.807) is 18.2 Å². The molecule has 0 fully saturated rings. The van der Waals surface area contributed by atoms with Gasteiger partial charge in [-0.25, -0.2) is 0 Å². The van der Waals surface area contributed by atoms with Crippen LogP contribution in [0.5, 0.6) is 5.75 Å². The first-order valence-corrected chi connectivity index (χ1v) is 7.39. The quantitative estimate of drug-likeness (QED) is 0.666. The summed E-state index contributed by atoms with van der Waals surface area (Å²) in [6.45, 7) is 8.24. The third-order valence-corrected chi connectivity index (χ3v) is 2.76. The van der Waals surface area contributed by atoms with Gasteiger partial charge in [0, 0.05) is 18.2 Å². The molecule has 0 aliphatic carbocycles. The Morgan fingerprint density at radius 3 is 2.50 bits per heavy atom. The summed E-state index contributed by atoms with van der Waals surface area (Å²) in [5.41, 5.74) is 6.64. The number of ether oxygens (including phenoxy) is 1. The van der Waals surface area contributed by atoms with Gasteiger partial charge in [0.05, 0.1) is 5.69 Å². The van der Waals surface area contributed by atoms with Crippen LogP contribution in [0.4, 0.5) is 5.69 Å². The highest BCUT2D eigenvalue weighted by Gasteiger charge is 2.11. The summed E-state index contributed by atoms with van der Waals surface area (Å²) in [5, 5.41) is 5.54. The maximum atomic E-state index is 11.9. The summed E-state index contributed by atoms with van der Waals surface area (Å²) < 4.78 is 5.41. The van der Waals surface area contributed by atoms with Crippen molar-refractivity contribution in [2.45, 2.75) is 33.7 Å². The lowest BCUT2D eigenvalue weighted by Crippen LogP contribution is -2.32. The number of amides is 2. The first-order valence-electron chi connectivity index (χ1n) is 7.39. The highest BCUT2D eigenvalue weighted by atomic mass is 16.5. The van der Waals surface area contributed by atoms with E-state index < -0.39 is 0 Å². The van der Waals surface area contributed by atoms with Gasteiger partial charge in [-0.3, -0.25) is 9.59 Å². The van der Waals surface area contributed by atoms with E-state index in [1.165, 1.54) is 0 Å². The molecule has 0 radical (unpaired) electrons. The van der Waals surface area contributed by atoms with Gasteiger partial charge in [-0.05, 0) is 38.0 Å². The second kappa shape index (κ2) is 8.26. The predicted octanol–water partition coefficient (Wildman–Crippen LogP) is 1.56. The zero-order valence-corrected chi connectivity index (χ0v) is 13.6. The molecule has 6 nitrogen and oxygen atoms in total. The van der Waals surface area contributed by atoms with Crippen LogP contribution < -0.4 is 21.1 Å². The van der Waals surface area contributed by atoms with E-state index in [2.05, 4.69) is 10.6 Å². The second-order valence-corrected chi connectivity index (χ2v) is 5.87. The van der Waals surface area contributed by atoms with E-state index in [0.29, 0.717) is 29.5 Å². The fraction of sp³-hybridized carbons (Fsp3) is 0.500. The minimum atomic E-state index is -0.217. The molecular formula is C16H25N3O3. The molecule has 122 valence electrons. The Balaban J connectivity index is 2.66. The SMILES string of the molecule is CC(C)CNC(=O)COc1cc(C(=O)NC(C)C)ccc1N. The summed E-state index contributed by atoms with van der Waals surface area (Å²) in [4.78, 5) is 23.6. The monoisotopic (exact) mass is 307 g/mol. The zero-order valence-electron chi connectivity index (χ0n) is 13.6. The Morgan fingerprint density at radius 1 is 1.23 bits per heavy atom. The number of benzene rings is 1. The van der Waals surface area contributed by atoms with Gasteiger partial charge in [0.25, 0.3) is 11.8 Å². The van der Waals surface area contributed by atoms with Crippen LogP contribution >= 0.6 is 0 Å². The number of anilines is 1. The normalized spacial score (nSPS) is 10.6. The third kappa shape index (κ3) is 6.03. The van der Waals surface area contributed by atoms with Crippen molar-refractivity contribution in [3.8, 4) is 5.75 Å². The molecule has 0 heterocycles.